The van der Waals surface area contributed by atoms with Crippen molar-refractivity contribution < 1.29 is 50.9 Å². The Kier molecular flexibility index (Phi) is 7.06. The zero-order valence-electron chi connectivity index (χ0n) is 15.9. The fraction of sp³-hybridized carbons (Fsp3) is 0.200. The molecule has 1 unspecified atom stereocenters. The van der Waals surface area contributed by atoms with Crippen molar-refractivity contribution in [1.29, 1.82) is 0 Å². The first-order valence-corrected chi connectivity index (χ1v) is 8.64. The first-order valence-electron chi connectivity index (χ1n) is 8.64. The molecule has 172 valence electrons. The number of anilines is 1. The van der Waals surface area contributed by atoms with E-state index in [2.05, 4.69) is 0 Å². The molecule has 3 rings (SSSR count). The number of halogens is 6. The van der Waals surface area contributed by atoms with Crippen molar-refractivity contribution in [2.45, 2.75) is 24.9 Å². The second-order valence-electron chi connectivity index (χ2n) is 6.54. The summed E-state index contributed by atoms with van der Waals surface area (Å²) < 4.78 is 76.0. The van der Waals surface area contributed by atoms with Gasteiger partial charge in [0, 0.05) is 11.3 Å². The van der Waals surface area contributed by atoms with Crippen LogP contribution in [0, 0.1) is 0 Å². The molecule has 1 atom stereocenters. The van der Waals surface area contributed by atoms with Crippen LogP contribution in [0.2, 0.25) is 0 Å². The molecule has 0 bridgehead atoms. The normalized spacial score (nSPS) is 15.4. The Morgan fingerprint density at radius 3 is 1.94 bits per heavy atom. The molecule has 0 spiro atoms. The fourth-order valence-corrected chi connectivity index (χ4v) is 2.63. The Morgan fingerprint density at radius 2 is 1.47 bits per heavy atom. The summed E-state index contributed by atoms with van der Waals surface area (Å²) in [5.74, 6) is -4.40. The van der Waals surface area contributed by atoms with Gasteiger partial charge in [-0.25, -0.2) is 9.59 Å². The number of hydrogen-bond acceptors (Lipinski definition) is 4. The van der Waals surface area contributed by atoms with E-state index in [9.17, 15) is 31.1 Å². The van der Waals surface area contributed by atoms with Crippen LogP contribution in [0.3, 0.4) is 0 Å². The summed E-state index contributed by atoms with van der Waals surface area (Å²) in [4.78, 5) is 20.0. The molecule has 0 saturated heterocycles. The zero-order valence-corrected chi connectivity index (χ0v) is 15.9. The summed E-state index contributed by atoms with van der Waals surface area (Å²) in [6, 6.07) is 11.9. The van der Waals surface area contributed by atoms with E-state index in [1.165, 1.54) is 6.07 Å². The zero-order chi connectivity index (χ0) is 24.3. The van der Waals surface area contributed by atoms with E-state index in [0.717, 1.165) is 17.2 Å². The third-order valence-corrected chi connectivity index (χ3v) is 4.09. The number of nitrogens with two attached hydrogens (primary N) is 1. The average molecular weight is 463 g/mol. The van der Waals surface area contributed by atoms with Crippen molar-refractivity contribution in [2.75, 3.05) is 5.73 Å². The summed E-state index contributed by atoms with van der Waals surface area (Å²) in [5.41, 5.74) is 7.41. The lowest BCUT2D eigenvalue weighted by molar-refractivity contribution is -0.192. The van der Waals surface area contributed by atoms with Crippen molar-refractivity contribution in [2.24, 2.45) is 0 Å². The fourth-order valence-electron chi connectivity index (χ4n) is 2.63. The quantitative estimate of drug-likeness (QED) is 0.463. The summed E-state index contributed by atoms with van der Waals surface area (Å²) in [5, 5.41) is 16.1. The Balaban J connectivity index is 0.000000451. The highest BCUT2D eigenvalue weighted by molar-refractivity contribution is 5.95. The van der Waals surface area contributed by atoms with Crippen LogP contribution in [0.4, 0.5) is 32.0 Å². The second kappa shape index (κ2) is 9.20. The highest BCUT2D eigenvalue weighted by Gasteiger charge is 2.48. The van der Waals surface area contributed by atoms with Gasteiger partial charge in [-0.1, -0.05) is 24.3 Å². The molecule has 0 saturated carbocycles. The van der Waals surface area contributed by atoms with Gasteiger partial charge in [-0.2, -0.15) is 26.3 Å². The molecule has 0 aliphatic carbocycles. The smallest absolute Gasteiger partial charge is 0.478 e. The van der Waals surface area contributed by atoms with E-state index in [1.807, 2.05) is 12.1 Å². The van der Waals surface area contributed by atoms with Gasteiger partial charge in [-0.3, -0.25) is 0 Å². The number of benzene rings is 2. The summed E-state index contributed by atoms with van der Waals surface area (Å²) >= 11 is 0. The molecule has 1 heterocycles. The number of carboxylic acid groups (broad SMARTS) is 2. The van der Waals surface area contributed by atoms with Crippen molar-refractivity contribution in [3.05, 3.63) is 64.7 Å². The standard InChI is InChI=1S/C18H14F3NO3.C2HF3O2/c19-18(20,21)16-14(17(23)24)9-12-4-1-11(8-15(12)25-16)7-10-2-5-13(22)6-3-10;3-2(4,5)1(6)7/h1-6,8-9,16H,7,22H2,(H,23,24);(H,6,7). The van der Waals surface area contributed by atoms with E-state index >= 15 is 0 Å². The number of carboxylic acids is 2. The van der Waals surface area contributed by atoms with Crippen LogP contribution in [-0.2, 0) is 16.0 Å². The van der Waals surface area contributed by atoms with Gasteiger partial charge in [-0.15, -0.1) is 0 Å². The lowest BCUT2D eigenvalue weighted by Crippen LogP contribution is -2.40. The van der Waals surface area contributed by atoms with Gasteiger partial charge in [0.05, 0.1) is 5.57 Å². The van der Waals surface area contributed by atoms with Crippen LogP contribution < -0.4 is 10.5 Å². The molecule has 12 heteroatoms. The predicted octanol–water partition coefficient (Wildman–Crippen LogP) is 4.28. The summed E-state index contributed by atoms with van der Waals surface area (Å²) in [6.07, 6.45) is -10.9. The van der Waals surface area contributed by atoms with Crippen molar-refractivity contribution in [3.8, 4) is 5.75 Å². The SMILES string of the molecule is Nc1ccc(Cc2ccc3c(c2)OC(C(F)(F)F)C(C(=O)O)=C3)cc1.O=C(O)C(F)(F)F. The molecule has 1 aliphatic heterocycles. The molecule has 6 nitrogen and oxygen atoms in total. The molecular weight excluding hydrogens is 448 g/mol. The first kappa shape index (κ1) is 24.6. The third kappa shape index (κ3) is 6.40. The second-order valence-corrected chi connectivity index (χ2v) is 6.54. The molecular formula is C20H15F6NO5. The van der Waals surface area contributed by atoms with E-state index in [1.54, 1.807) is 24.3 Å². The number of nitrogen functional groups attached to an aromatic ring is 1. The number of rotatable bonds is 3. The molecule has 0 amide bonds. The van der Waals surface area contributed by atoms with E-state index < -0.39 is 36.0 Å². The van der Waals surface area contributed by atoms with Gasteiger partial charge in [0.2, 0.25) is 6.10 Å². The number of aliphatic carboxylic acids is 2. The maximum atomic E-state index is 13.1. The monoisotopic (exact) mass is 463 g/mol. The van der Waals surface area contributed by atoms with Gasteiger partial charge in [0.15, 0.2) is 0 Å². The van der Waals surface area contributed by atoms with Crippen molar-refractivity contribution in [3.63, 3.8) is 0 Å². The first-order chi connectivity index (χ1) is 14.7. The molecule has 1 aliphatic rings. The lowest BCUT2D eigenvalue weighted by atomic mass is 9.98. The summed E-state index contributed by atoms with van der Waals surface area (Å²) in [7, 11) is 0. The molecule has 0 aromatic heterocycles. The third-order valence-electron chi connectivity index (χ3n) is 4.09. The average Bonchev–Trinajstić information content (AvgIpc) is 2.67. The van der Waals surface area contributed by atoms with Crippen LogP contribution in [0.25, 0.3) is 6.08 Å². The number of fused-ring (bicyclic) bond motifs is 1. The van der Waals surface area contributed by atoms with Gasteiger partial charge < -0.3 is 20.7 Å². The van der Waals surface area contributed by atoms with Gasteiger partial charge in [0.1, 0.15) is 5.75 Å². The molecule has 2 aromatic carbocycles. The number of carbonyl (C=O) groups is 2. The van der Waals surface area contributed by atoms with Crippen molar-refractivity contribution >= 4 is 23.7 Å². The topological polar surface area (TPSA) is 110 Å². The van der Waals surface area contributed by atoms with Crippen LogP contribution in [0.5, 0.6) is 5.75 Å². The Morgan fingerprint density at radius 1 is 0.938 bits per heavy atom. The largest absolute Gasteiger partial charge is 0.490 e. The van der Waals surface area contributed by atoms with E-state index in [4.69, 9.17) is 25.5 Å². The van der Waals surface area contributed by atoms with E-state index in [0.29, 0.717) is 17.7 Å². The van der Waals surface area contributed by atoms with Gasteiger partial charge >= 0.3 is 24.3 Å². The Hall–Kier alpha value is -3.70. The Bertz CT molecular complexity index is 1030. The van der Waals surface area contributed by atoms with E-state index in [-0.39, 0.29) is 5.75 Å². The summed E-state index contributed by atoms with van der Waals surface area (Å²) in [6.45, 7) is 0. The van der Waals surface area contributed by atoms with Crippen LogP contribution in [0.1, 0.15) is 16.7 Å². The minimum Gasteiger partial charge on any atom is -0.478 e. The van der Waals surface area contributed by atoms with Crippen molar-refractivity contribution in [1.82, 2.24) is 0 Å². The molecule has 2 aromatic rings. The maximum Gasteiger partial charge on any atom is 0.490 e. The number of ether oxygens (including phenoxy) is 1. The molecule has 4 N–H and O–H groups in total. The number of hydrogen-bond donors (Lipinski definition) is 3. The predicted molar refractivity (Wildman–Crippen MR) is 99.9 cm³/mol. The van der Waals surface area contributed by atoms with Crippen LogP contribution in [0.15, 0.2) is 48.0 Å². The maximum absolute atomic E-state index is 13.1. The minimum atomic E-state index is -5.08. The molecule has 32 heavy (non-hydrogen) atoms. The van der Waals surface area contributed by atoms with Crippen LogP contribution >= 0.6 is 0 Å². The number of alkyl halides is 6. The highest BCUT2D eigenvalue weighted by Crippen LogP contribution is 2.37. The van der Waals surface area contributed by atoms with Gasteiger partial charge in [0.25, 0.3) is 0 Å². The Labute approximate surface area is 176 Å². The highest BCUT2D eigenvalue weighted by atomic mass is 19.4. The minimum absolute atomic E-state index is 0.0141. The molecule has 0 fully saturated rings. The van der Waals surface area contributed by atoms with Crippen LogP contribution in [-0.4, -0.2) is 40.6 Å². The lowest BCUT2D eigenvalue weighted by Gasteiger charge is -2.27. The molecule has 0 radical (unpaired) electrons. The van der Waals surface area contributed by atoms with Gasteiger partial charge in [-0.05, 0) is 41.8 Å².